The maximum absolute atomic E-state index is 13.3. The summed E-state index contributed by atoms with van der Waals surface area (Å²) in [6, 6.07) is 10.3. The van der Waals surface area contributed by atoms with Gasteiger partial charge in [-0.2, -0.15) is 0 Å². The molecule has 15 heavy (non-hydrogen) atoms. The number of rotatable bonds is 3. The van der Waals surface area contributed by atoms with Gasteiger partial charge in [-0.1, -0.05) is 18.2 Å². The molecule has 78 valence electrons. The van der Waals surface area contributed by atoms with Gasteiger partial charge in [0.25, 0.3) is 0 Å². The molecule has 0 unspecified atom stereocenters. The van der Waals surface area contributed by atoms with E-state index in [2.05, 4.69) is 0 Å². The Balaban J connectivity index is 2.18. The van der Waals surface area contributed by atoms with Gasteiger partial charge in [-0.25, -0.2) is 4.39 Å². The Morgan fingerprint density at radius 3 is 2.47 bits per heavy atom. The SMILES string of the molecule is NCc1ccc(Cc2ccccc2F)o1. The molecule has 2 aromatic rings. The first-order chi connectivity index (χ1) is 7.29. The molecule has 0 amide bonds. The van der Waals surface area contributed by atoms with E-state index in [1.165, 1.54) is 6.07 Å². The summed E-state index contributed by atoms with van der Waals surface area (Å²) in [5.41, 5.74) is 6.05. The Kier molecular flexibility index (Phi) is 2.83. The fourth-order valence-electron chi connectivity index (χ4n) is 1.46. The quantitative estimate of drug-likeness (QED) is 0.836. The van der Waals surface area contributed by atoms with Gasteiger partial charge in [0.1, 0.15) is 17.3 Å². The summed E-state index contributed by atoms with van der Waals surface area (Å²) < 4.78 is 18.7. The highest BCUT2D eigenvalue weighted by Crippen LogP contribution is 2.15. The number of benzene rings is 1. The maximum atomic E-state index is 13.3. The van der Waals surface area contributed by atoms with Crippen LogP contribution in [0.3, 0.4) is 0 Å². The van der Waals surface area contributed by atoms with E-state index in [0.717, 1.165) is 11.5 Å². The second-order valence-corrected chi connectivity index (χ2v) is 3.34. The predicted molar refractivity (Wildman–Crippen MR) is 55.8 cm³/mol. The molecule has 0 spiro atoms. The first-order valence-corrected chi connectivity index (χ1v) is 4.80. The van der Waals surface area contributed by atoms with Crippen molar-refractivity contribution < 1.29 is 8.81 Å². The molecule has 0 radical (unpaired) electrons. The van der Waals surface area contributed by atoms with E-state index < -0.39 is 0 Å². The Bertz CT molecular complexity index is 450. The summed E-state index contributed by atoms with van der Waals surface area (Å²) in [4.78, 5) is 0. The molecule has 0 aliphatic carbocycles. The summed E-state index contributed by atoms with van der Waals surface area (Å²) in [6.45, 7) is 0.372. The molecule has 0 atom stereocenters. The topological polar surface area (TPSA) is 39.2 Å². The van der Waals surface area contributed by atoms with Gasteiger partial charge in [0.05, 0.1) is 6.54 Å². The lowest BCUT2D eigenvalue weighted by molar-refractivity contribution is 0.472. The van der Waals surface area contributed by atoms with Gasteiger partial charge < -0.3 is 10.2 Å². The predicted octanol–water partition coefficient (Wildman–Crippen LogP) is 2.47. The van der Waals surface area contributed by atoms with E-state index in [4.69, 9.17) is 10.2 Å². The van der Waals surface area contributed by atoms with Crippen LogP contribution < -0.4 is 5.73 Å². The van der Waals surface area contributed by atoms with Gasteiger partial charge in [-0.3, -0.25) is 0 Å². The zero-order chi connectivity index (χ0) is 10.7. The van der Waals surface area contributed by atoms with Crippen molar-refractivity contribution in [1.82, 2.24) is 0 Å². The smallest absolute Gasteiger partial charge is 0.126 e. The lowest BCUT2D eigenvalue weighted by Crippen LogP contribution is -1.93. The molecule has 2 N–H and O–H groups in total. The van der Waals surface area contributed by atoms with Crippen LogP contribution in [0.2, 0.25) is 0 Å². The zero-order valence-corrected chi connectivity index (χ0v) is 8.24. The number of hydrogen-bond donors (Lipinski definition) is 1. The van der Waals surface area contributed by atoms with Gasteiger partial charge in [0.2, 0.25) is 0 Å². The third-order valence-corrected chi connectivity index (χ3v) is 2.24. The van der Waals surface area contributed by atoms with E-state index >= 15 is 0 Å². The molecule has 1 heterocycles. The largest absolute Gasteiger partial charge is 0.464 e. The highest BCUT2D eigenvalue weighted by molar-refractivity contribution is 5.23. The van der Waals surface area contributed by atoms with Crippen molar-refractivity contribution in [2.45, 2.75) is 13.0 Å². The van der Waals surface area contributed by atoms with E-state index in [1.54, 1.807) is 12.1 Å². The van der Waals surface area contributed by atoms with Crippen LogP contribution in [0.25, 0.3) is 0 Å². The minimum absolute atomic E-state index is 0.205. The van der Waals surface area contributed by atoms with E-state index in [1.807, 2.05) is 18.2 Å². The van der Waals surface area contributed by atoms with Crippen LogP contribution in [0.15, 0.2) is 40.8 Å². The monoisotopic (exact) mass is 205 g/mol. The van der Waals surface area contributed by atoms with Gasteiger partial charge in [-0.05, 0) is 23.8 Å². The molecule has 0 aliphatic rings. The second kappa shape index (κ2) is 4.28. The molecule has 1 aromatic carbocycles. The summed E-state index contributed by atoms with van der Waals surface area (Å²) >= 11 is 0. The Labute approximate surface area is 87.5 Å². The third kappa shape index (κ3) is 2.25. The van der Waals surface area contributed by atoms with Crippen molar-refractivity contribution in [3.63, 3.8) is 0 Å². The number of nitrogens with two attached hydrogens (primary N) is 1. The van der Waals surface area contributed by atoms with Crippen molar-refractivity contribution in [2.24, 2.45) is 5.73 Å². The van der Waals surface area contributed by atoms with Gasteiger partial charge in [0, 0.05) is 6.42 Å². The van der Waals surface area contributed by atoms with Crippen molar-refractivity contribution in [3.8, 4) is 0 Å². The van der Waals surface area contributed by atoms with Crippen LogP contribution in [0.5, 0.6) is 0 Å². The summed E-state index contributed by atoms with van der Waals surface area (Å²) in [5.74, 6) is 1.25. The Morgan fingerprint density at radius 1 is 1.07 bits per heavy atom. The number of hydrogen-bond acceptors (Lipinski definition) is 2. The van der Waals surface area contributed by atoms with Crippen LogP contribution in [0, 0.1) is 5.82 Å². The van der Waals surface area contributed by atoms with Crippen molar-refractivity contribution in [3.05, 3.63) is 59.3 Å². The molecular formula is C12H12FNO. The summed E-state index contributed by atoms with van der Waals surface area (Å²) in [7, 11) is 0. The van der Waals surface area contributed by atoms with Crippen LogP contribution in [0.1, 0.15) is 17.1 Å². The van der Waals surface area contributed by atoms with Crippen molar-refractivity contribution in [2.75, 3.05) is 0 Å². The highest BCUT2D eigenvalue weighted by Gasteiger charge is 2.05. The normalized spacial score (nSPS) is 10.5. The first-order valence-electron chi connectivity index (χ1n) is 4.80. The molecule has 0 bridgehead atoms. The first kappa shape index (κ1) is 9.93. The third-order valence-electron chi connectivity index (χ3n) is 2.24. The van der Waals surface area contributed by atoms with Crippen LogP contribution in [0.4, 0.5) is 4.39 Å². The molecule has 3 heteroatoms. The molecule has 2 rings (SSSR count). The van der Waals surface area contributed by atoms with E-state index in [0.29, 0.717) is 18.5 Å². The van der Waals surface area contributed by atoms with Gasteiger partial charge >= 0.3 is 0 Å². The second-order valence-electron chi connectivity index (χ2n) is 3.34. The Hall–Kier alpha value is -1.61. The van der Waals surface area contributed by atoms with E-state index in [-0.39, 0.29) is 5.82 Å². The molecule has 2 nitrogen and oxygen atoms in total. The molecule has 1 aromatic heterocycles. The van der Waals surface area contributed by atoms with Crippen molar-refractivity contribution in [1.29, 1.82) is 0 Å². The molecule has 0 aliphatic heterocycles. The fourth-order valence-corrected chi connectivity index (χ4v) is 1.46. The van der Waals surface area contributed by atoms with Crippen molar-refractivity contribution >= 4 is 0 Å². The average Bonchev–Trinajstić information content (AvgIpc) is 2.69. The summed E-state index contributed by atoms with van der Waals surface area (Å²) in [5, 5.41) is 0. The zero-order valence-electron chi connectivity index (χ0n) is 8.24. The van der Waals surface area contributed by atoms with Gasteiger partial charge in [-0.15, -0.1) is 0 Å². The number of halogens is 1. The fraction of sp³-hybridized carbons (Fsp3) is 0.167. The lowest BCUT2D eigenvalue weighted by Gasteiger charge is -1.99. The maximum Gasteiger partial charge on any atom is 0.126 e. The van der Waals surface area contributed by atoms with Crippen LogP contribution in [-0.2, 0) is 13.0 Å². The van der Waals surface area contributed by atoms with Crippen LogP contribution in [-0.4, -0.2) is 0 Å². The van der Waals surface area contributed by atoms with Crippen LogP contribution >= 0.6 is 0 Å². The summed E-state index contributed by atoms with van der Waals surface area (Å²) in [6.07, 6.45) is 0.465. The minimum atomic E-state index is -0.205. The van der Waals surface area contributed by atoms with E-state index in [9.17, 15) is 4.39 Å². The standard InChI is InChI=1S/C12H12FNO/c13-12-4-2-1-3-9(12)7-10-5-6-11(8-14)15-10/h1-6H,7-8,14H2. The molecule has 0 saturated heterocycles. The molecular weight excluding hydrogens is 193 g/mol. The van der Waals surface area contributed by atoms with Gasteiger partial charge in [0.15, 0.2) is 0 Å². The minimum Gasteiger partial charge on any atom is -0.464 e. The average molecular weight is 205 g/mol. The number of furan rings is 1. The Morgan fingerprint density at radius 2 is 1.80 bits per heavy atom. The molecule has 0 saturated carbocycles. The molecule has 0 fully saturated rings. The lowest BCUT2D eigenvalue weighted by atomic mass is 10.1. The highest BCUT2D eigenvalue weighted by atomic mass is 19.1.